The van der Waals surface area contributed by atoms with E-state index in [9.17, 15) is 14.4 Å². The maximum atomic E-state index is 14.6. The largest absolute Gasteiger partial charge is 0.444 e. The first-order valence-corrected chi connectivity index (χ1v) is 15.8. The van der Waals surface area contributed by atoms with Gasteiger partial charge in [0.15, 0.2) is 0 Å². The predicted molar refractivity (Wildman–Crippen MR) is 168 cm³/mol. The molecule has 0 aliphatic heterocycles. The Morgan fingerprint density at radius 1 is 0.905 bits per heavy atom. The van der Waals surface area contributed by atoms with E-state index in [1.807, 2.05) is 54.6 Å². The zero-order valence-electron chi connectivity index (χ0n) is 26.3. The molecule has 230 valence electrons. The molecule has 0 bridgehead atoms. The van der Waals surface area contributed by atoms with Crippen LogP contribution in [0.4, 0.5) is 4.79 Å². The number of carbonyl (C=O) groups excluding carboxylic acids is 3. The topological polar surface area (TPSA) is 87.7 Å². The first-order chi connectivity index (χ1) is 20.1. The van der Waals surface area contributed by atoms with Crippen molar-refractivity contribution in [3.8, 4) is 0 Å². The van der Waals surface area contributed by atoms with Crippen LogP contribution >= 0.6 is 0 Å². The molecule has 1 aliphatic rings. The molecule has 1 aliphatic carbocycles. The van der Waals surface area contributed by atoms with Gasteiger partial charge in [-0.3, -0.25) is 9.59 Å². The zero-order valence-corrected chi connectivity index (χ0v) is 26.3. The highest BCUT2D eigenvalue weighted by molar-refractivity contribution is 5.92. The van der Waals surface area contributed by atoms with Gasteiger partial charge in [0.05, 0.1) is 0 Å². The summed E-state index contributed by atoms with van der Waals surface area (Å²) in [7, 11) is 0. The molecule has 1 fully saturated rings. The highest BCUT2D eigenvalue weighted by atomic mass is 16.6. The van der Waals surface area contributed by atoms with Gasteiger partial charge in [-0.1, -0.05) is 101 Å². The summed E-state index contributed by atoms with van der Waals surface area (Å²) in [4.78, 5) is 43.3. The summed E-state index contributed by atoms with van der Waals surface area (Å²) < 4.78 is 5.55. The number of hydrogen-bond acceptors (Lipinski definition) is 4. The number of alkyl carbamates (subject to hydrolysis) is 1. The van der Waals surface area contributed by atoms with Crippen molar-refractivity contribution in [2.45, 2.75) is 123 Å². The Hall–Kier alpha value is -3.35. The molecule has 2 atom stereocenters. The van der Waals surface area contributed by atoms with Crippen LogP contribution in [0.3, 0.4) is 0 Å². The van der Waals surface area contributed by atoms with E-state index in [1.165, 1.54) is 12.0 Å². The van der Waals surface area contributed by atoms with Crippen LogP contribution in [-0.4, -0.2) is 47.0 Å². The van der Waals surface area contributed by atoms with E-state index in [1.54, 1.807) is 25.7 Å². The molecule has 3 rings (SSSR count). The fourth-order valence-corrected chi connectivity index (χ4v) is 5.53. The Morgan fingerprint density at radius 2 is 1.57 bits per heavy atom. The summed E-state index contributed by atoms with van der Waals surface area (Å²) in [6.45, 7) is 10.0. The summed E-state index contributed by atoms with van der Waals surface area (Å²) in [6, 6.07) is 16.0. The van der Waals surface area contributed by atoms with E-state index in [4.69, 9.17) is 4.74 Å². The lowest BCUT2D eigenvalue weighted by atomic mass is 9.94. The van der Waals surface area contributed by atoms with Crippen LogP contribution in [0.25, 0.3) is 0 Å². The number of benzene rings is 2. The molecule has 7 nitrogen and oxygen atoms in total. The van der Waals surface area contributed by atoms with Crippen LogP contribution in [0, 0.1) is 0 Å². The van der Waals surface area contributed by atoms with Crippen molar-refractivity contribution in [2.75, 3.05) is 6.54 Å². The number of nitrogens with one attached hydrogen (secondary N) is 2. The Kier molecular flexibility index (Phi) is 12.9. The maximum absolute atomic E-state index is 14.6. The van der Waals surface area contributed by atoms with Crippen LogP contribution in [0.15, 0.2) is 54.6 Å². The van der Waals surface area contributed by atoms with Gasteiger partial charge in [-0.05, 0) is 63.1 Å². The molecule has 42 heavy (non-hydrogen) atoms. The van der Waals surface area contributed by atoms with Gasteiger partial charge in [-0.2, -0.15) is 0 Å². The lowest BCUT2D eigenvalue weighted by molar-refractivity contribution is -0.143. The molecule has 2 N–H and O–H groups in total. The molecule has 7 heteroatoms. The number of amides is 3. The van der Waals surface area contributed by atoms with Gasteiger partial charge in [0.25, 0.3) is 0 Å². The second-order valence-corrected chi connectivity index (χ2v) is 12.5. The lowest BCUT2D eigenvalue weighted by Gasteiger charge is -2.36. The predicted octanol–water partition coefficient (Wildman–Crippen LogP) is 6.89. The molecule has 0 heterocycles. The van der Waals surface area contributed by atoms with Crippen LogP contribution in [0.1, 0.15) is 109 Å². The Morgan fingerprint density at radius 3 is 2.17 bits per heavy atom. The minimum Gasteiger partial charge on any atom is -0.444 e. The molecule has 0 saturated heterocycles. The molecule has 0 spiro atoms. The molecule has 2 aromatic carbocycles. The molecule has 0 aromatic heterocycles. The van der Waals surface area contributed by atoms with Crippen molar-refractivity contribution in [1.29, 1.82) is 0 Å². The van der Waals surface area contributed by atoms with E-state index in [-0.39, 0.29) is 24.3 Å². The summed E-state index contributed by atoms with van der Waals surface area (Å²) in [5.74, 6) is -0.448. The van der Waals surface area contributed by atoms with Crippen molar-refractivity contribution < 1.29 is 19.1 Å². The van der Waals surface area contributed by atoms with Crippen molar-refractivity contribution in [3.63, 3.8) is 0 Å². The van der Waals surface area contributed by atoms with E-state index >= 15 is 0 Å². The summed E-state index contributed by atoms with van der Waals surface area (Å²) in [6.07, 6.45) is 8.47. The number of ether oxygens (including phenoxy) is 1. The van der Waals surface area contributed by atoms with Crippen molar-refractivity contribution in [2.24, 2.45) is 0 Å². The minimum atomic E-state index is -0.899. The average molecular weight is 578 g/mol. The molecular formula is C35H51N3O4. The quantitative estimate of drug-likeness (QED) is 0.254. The van der Waals surface area contributed by atoms with Crippen LogP contribution < -0.4 is 10.6 Å². The first kappa shape index (κ1) is 33.2. The molecule has 2 aromatic rings. The number of carbonyl (C=O) groups is 3. The third-order valence-electron chi connectivity index (χ3n) is 7.77. The van der Waals surface area contributed by atoms with Crippen molar-refractivity contribution in [1.82, 2.24) is 15.5 Å². The monoisotopic (exact) mass is 577 g/mol. The molecule has 3 amide bonds. The van der Waals surface area contributed by atoms with Gasteiger partial charge in [0.2, 0.25) is 11.8 Å². The summed E-state index contributed by atoms with van der Waals surface area (Å²) in [5.41, 5.74) is 2.15. The Labute approximate surface area is 252 Å². The highest BCUT2D eigenvalue weighted by Gasteiger charge is 2.37. The Balaban J connectivity index is 2.01. The minimum absolute atomic E-state index is 0.108. The van der Waals surface area contributed by atoms with Crippen molar-refractivity contribution >= 4 is 17.9 Å². The zero-order chi connectivity index (χ0) is 30.5. The molecule has 2 unspecified atom stereocenters. The van der Waals surface area contributed by atoms with Gasteiger partial charge in [0, 0.05) is 19.0 Å². The first-order valence-electron chi connectivity index (χ1n) is 15.8. The number of aryl methyl sites for hydroxylation is 1. The third kappa shape index (κ3) is 10.5. The fourth-order valence-electron chi connectivity index (χ4n) is 5.53. The van der Waals surface area contributed by atoms with E-state index in [0.717, 1.165) is 62.5 Å². The highest BCUT2D eigenvalue weighted by Crippen LogP contribution is 2.27. The normalized spacial score (nSPS) is 15.4. The fraction of sp³-hybridized carbons (Fsp3) is 0.571. The SMILES string of the molecule is CCCCCN(C(=O)C(Cc1ccccc1)NC(=O)OC(C)(C)C)C(C(=O)NC1CCCCC1)c1ccc(CC)cc1. The van der Waals surface area contributed by atoms with Gasteiger partial charge in [0.1, 0.15) is 17.7 Å². The van der Waals surface area contributed by atoms with E-state index in [0.29, 0.717) is 6.54 Å². The van der Waals surface area contributed by atoms with Crippen molar-refractivity contribution in [3.05, 3.63) is 71.3 Å². The number of rotatable bonds is 13. The average Bonchev–Trinajstić information content (AvgIpc) is 2.96. The molecule has 0 radical (unpaired) electrons. The van der Waals surface area contributed by atoms with Gasteiger partial charge in [-0.15, -0.1) is 0 Å². The second kappa shape index (κ2) is 16.3. The smallest absolute Gasteiger partial charge is 0.408 e. The van der Waals surface area contributed by atoms with Crippen LogP contribution in [-0.2, 0) is 27.2 Å². The van der Waals surface area contributed by atoms with Crippen LogP contribution in [0.5, 0.6) is 0 Å². The lowest BCUT2D eigenvalue weighted by Crippen LogP contribution is -2.54. The van der Waals surface area contributed by atoms with Gasteiger partial charge in [-0.25, -0.2) is 4.79 Å². The Bertz CT molecular complexity index is 1120. The number of hydrogen-bond donors (Lipinski definition) is 2. The number of nitrogens with zero attached hydrogens (tertiary/aromatic N) is 1. The van der Waals surface area contributed by atoms with Crippen LogP contribution in [0.2, 0.25) is 0 Å². The maximum Gasteiger partial charge on any atom is 0.408 e. The van der Waals surface area contributed by atoms with Gasteiger partial charge < -0.3 is 20.3 Å². The second-order valence-electron chi connectivity index (χ2n) is 12.5. The summed E-state index contributed by atoms with van der Waals surface area (Å²) >= 11 is 0. The standard InChI is InChI=1S/C35H51N3O4/c1-6-8-15-24-38(33(40)30(25-27-16-11-9-12-17-27)37-34(41)42-35(3,4)5)31(28-22-20-26(7-2)21-23-28)32(39)36-29-18-13-10-14-19-29/h9,11-12,16-17,20-23,29-31H,6-8,10,13-15,18-19,24-25H2,1-5H3,(H,36,39)(H,37,41). The van der Waals surface area contributed by atoms with E-state index in [2.05, 4.69) is 24.5 Å². The summed E-state index contributed by atoms with van der Waals surface area (Å²) in [5, 5.41) is 6.14. The number of unbranched alkanes of at least 4 members (excludes halogenated alkanes) is 2. The molecule has 1 saturated carbocycles. The molecular weight excluding hydrogens is 526 g/mol. The third-order valence-corrected chi connectivity index (χ3v) is 7.77. The van der Waals surface area contributed by atoms with E-state index < -0.39 is 23.8 Å². The van der Waals surface area contributed by atoms with Gasteiger partial charge >= 0.3 is 6.09 Å².